The Morgan fingerprint density at radius 3 is 1.84 bits per heavy atom. The van der Waals surface area contributed by atoms with Gasteiger partial charge in [-0.25, -0.2) is 24.2 Å². The van der Waals surface area contributed by atoms with Gasteiger partial charge in [0.2, 0.25) is 0 Å². The third kappa shape index (κ3) is 6.78. The van der Waals surface area contributed by atoms with Crippen LogP contribution in [0.5, 0.6) is 0 Å². The highest BCUT2D eigenvalue weighted by molar-refractivity contribution is 5.91. The molecule has 0 aliphatic carbocycles. The molecule has 1 saturated heterocycles. The minimum Gasteiger partial charge on any atom is -0.459 e. The van der Waals surface area contributed by atoms with Crippen molar-refractivity contribution in [2.75, 3.05) is 6.61 Å². The summed E-state index contributed by atoms with van der Waals surface area (Å²) in [5.41, 5.74) is 2.39. The maximum absolute atomic E-state index is 13.6. The van der Waals surface area contributed by atoms with E-state index < -0.39 is 54.7 Å². The van der Waals surface area contributed by atoms with Crippen LogP contribution in [0.15, 0.2) is 126 Å². The zero-order valence-corrected chi connectivity index (χ0v) is 26.7. The number of aromatic nitrogens is 4. The minimum absolute atomic E-state index is 0.165. The van der Waals surface area contributed by atoms with Crippen LogP contribution in [0.2, 0.25) is 0 Å². The van der Waals surface area contributed by atoms with Crippen LogP contribution in [0.25, 0.3) is 22.6 Å². The van der Waals surface area contributed by atoms with E-state index in [-0.39, 0.29) is 16.8 Å². The Morgan fingerprint density at radius 1 is 0.720 bits per heavy atom. The van der Waals surface area contributed by atoms with Crippen molar-refractivity contribution in [1.29, 1.82) is 0 Å². The van der Waals surface area contributed by atoms with Crippen molar-refractivity contribution < 1.29 is 33.3 Å². The molecule has 4 atom stereocenters. The highest BCUT2D eigenvalue weighted by Gasteiger charge is 2.52. The van der Waals surface area contributed by atoms with Crippen LogP contribution in [-0.2, 0) is 18.9 Å². The summed E-state index contributed by atoms with van der Waals surface area (Å²) in [6.45, 7) is 1.57. The fourth-order valence-corrected chi connectivity index (χ4v) is 5.61. The van der Waals surface area contributed by atoms with Crippen LogP contribution >= 0.6 is 0 Å². The number of H-pyrrole nitrogens is 1. The molecule has 0 amide bonds. The van der Waals surface area contributed by atoms with Crippen molar-refractivity contribution >= 4 is 29.1 Å². The summed E-state index contributed by atoms with van der Waals surface area (Å²) in [6.07, 6.45) is -3.77. The Bertz CT molecular complexity index is 2200. The first-order valence-corrected chi connectivity index (χ1v) is 15.8. The highest BCUT2D eigenvalue weighted by atomic mass is 16.7. The Kier molecular flexibility index (Phi) is 9.00. The summed E-state index contributed by atoms with van der Waals surface area (Å²) >= 11 is 0. The van der Waals surface area contributed by atoms with E-state index in [1.807, 2.05) is 31.2 Å². The van der Waals surface area contributed by atoms with Crippen LogP contribution in [0.4, 0.5) is 0 Å². The van der Waals surface area contributed by atoms with Gasteiger partial charge in [0.15, 0.2) is 24.1 Å². The molecule has 12 heteroatoms. The molecule has 0 unspecified atom stereocenters. The SMILES string of the molecule is Cc1ccc(-c2nc3nc(=O)n([C@@H]4O[C@H](COC(=O)c5ccccc5)[C@@H](OC(=O)c5ccccc5)[C@H]4OC(=O)c4ccccc4)cc3[nH]2)cc1. The lowest BCUT2D eigenvalue weighted by Crippen LogP contribution is -2.42. The molecule has 1 N–H and O–H groups in total. The monoisotopic (exact) mass is 670 g/mol. The Hall–Kier alpha value is -6.40. The number of nitrogens with one attached hydrogen (secondary N) is 1. The van der Waals surface area contributed by atoms with Gasteiger partial charge >= 0.3 is 23.6 Å². The molecule has 1 aliphatic rings. The molecule has 7 rings (SSSR count). The molecule has 50 heavy (non-hydrogen) atoms. The third-order valence-electron chi connectivity index (χ3n) is 8.18. The van der Waals surface area contributed by atoms with E-state index in [0.29, 0.717) is 16.9 Å². The second-order valence-electron chi connectivity index (χ2n) is 11.6. The summed E-state index contributed by atoms with van der Waals surface area (Å²) < 4.78 is 25.0. The van der Waals surface area contributed by atoms with Gasteiger partial charge in [0, 0.05) is 11.8 Å². The zero-order valence-electron chi connectivity index (χ0n) is 26.7. The van der Waals surface area contributed by atoms with E-state index in [1.54, 1.807) is 91.0 Å². The van der Waals surface area contributed by atoms with Crippen molar-refractivity contribution in [3.8, 4) is 11.4 Å². The molecule has 250 valence electrons. The number of carbonyl (C=O) groups excluding carboxylic acids is 3. The number of rotatable bonds is 9. The number of imidazole rings is 1. The van der Waals surface area contributed by atoms with E-state index in [2.05, 4.69) is 15.0 Å². The molecule has 4 aromatic carbocycles. The van der Waals surface area contributed by atoms with E-state index in [4.69, 9.17) is 18.9 Å². The van der Waals surface area contributed by atoms with Gasteiger partial charge in [-0.3, -0.25) is 4.57 Å². The topological polar surface area (TPSA) is 152 Å². The van der Waals surface area contributed by atoms with Gasteiger partial charge in [-0.2, -0.15) is 4.98 Å². The number of aryl methyl sites for hydroxylation is 1. The lowest BCUT2D eigenvalue weighted by atomic mass is 10.1. The van der Waals surface area contributed by atoms with E-state index in [9.17, 15) is 19.2 Å². The summed E-state index contributed by atoms with van der Waals surface area (Å²) in [4.78, 5) is 65.3. The first kappa shape index (κ1) is 32.2. The lowest BCUT2D eigenvalue weighted by Gasteiger charge is -2.25. The lowest BCUT2D eigenvalue weighted by molar-refractivity contribution is -0.0637. The van der Waals surface area contributed by atoms with Crippen LogP contribution in [0, 0.1) is 6.92 Å². The molecule has 6 aromatic rings. The number of esters is 3. The van der Waals surface area contributed by atoms with Gasteiger partial charge in [0.25, 0.3) is 0 Å². The third-order valence-corrected chi connectivity index (χ3v) is 8.18. The van der Waals surface area contributed by atoms with Gasteiger partial charge in [-0.1, -0.05) is 84.4 Å². The Balaban J connectivity index is 1.27. The molecule has 1 aliphatic heterocycles. The molecule has 2 aromatic heterocycles. The molecule has 12 nitrogen and oxygen atoms in total. The zero-order chi connectivity index (χ0) is 34.6. The number of benzene rings is 4. The molecule has 0 saturated carbocycles. The number of ether oxygens (including phenoxy) is 4. The van der Waals surface area contributed by atoms with E-state index in [0.717, 1.165) is 15.7 Å². The maximum atomic E-state index is 13.6. The summed E-state index contributed by atoms with van der Waals surface area (Å²) in [5.74, 6) is -1.65. The smallest absolute Gasteiger partial charge is 0.351 e. The minimum atomic E-state index is -1.38. The maximum Gasteiger partial charge on any atom is 0.351 e. The summed E-state index contributed by atoms with van der Waals surface area (Å²) in [6, 6.07) is 32.4. The Morgan fingerprint density at radius 2 is 1.26 bits per heavy atom. The van der Waals surface area contributed by atoms with Crippen LogP contribution < -0.4 is 5.69 Å². The van der Waals surface area contributed by atoms with Crippen molar-refractivity contribution in [2.24, 2.45) is 0 Å². The Labute approximate surface area is 285 Å². The largest absolute Gasteiger partial charge is 0.459 e. The fraction of sp³-hybridized carbons (Fsp3) is 0.158. The standard InChI is InChI=1S/C38H30N4O8/c1-23-17-19-24(20-18-23)32-39-28-21-42(38(46)41-33(28)40-32)34-31(50-37(45)27-15-9-4-10-16-27)30(49-36(44)26-13-7-3-8-14-26)29(48-34)22-47-35(43)25-11-5-2-6-12-25/h2-21,29-31,34H,22H2,1H3,(H,39,40,41,46)/t29-,30-,31-,34-/m1/s1. The predicted molar refractivity (Wildman–Crippen MR) is 180 cm³/mol. The first-order chi connectivity index (χ1) is 24.3. The highest BCUT2D eigenvalue weighted by Crippen LogP contribution is 2.35. The summed E-state index contributed by atoms with van der Waals surface area (Å²) in [5, 5.41) is 0. The average Bonchev–Trinajstić information content (AvgIpc) is 3.71. The van der Waals surface area contributed by atoms with Crippen LogP contribution in [0.3, 0.4) is 0 Å². The fourth-order valence-electron chi connectivity index (χ4n) is 5.61. The molecule has 3 heterocycles. The number of fused-ring (bicyclic) bond motifs is 1. The van der Waals surface area contributed by atoms with E-state index >= 15 is 0 Å². The number of aromatic amines is 1. The molecule has 0 spiro atoms. The average molecular weight is 671 g/mol. The van der Waals surface area contributed by atoms with Gasteiger partial charge in [-0.15, -0.1) is 0 Å². The molecule has 0 bridgehead atoms. The number of nitrogens with zero attached hydrogens (tertiary/aromatic N) is 3. The van der Waals surface area contributed by atoms with Crippen molar-refractivity contribution in [3.63, 3.8) is 0 Å². The number of carbonyl (C=O) groups is 3. The van der Waals surface area contributed by atoms with Gasteiger partial charge < -0.3 is 23.9 Å². The number of hydrogen-bond acceptors (Lipinski definition) is 10. The van der Waals surface area contributed by atoms with Crippen LogP contribution in [0.1, 0.15) is 42.9 Å². The van der Waals surface area contributed by atoms with Gasteiger partial charge in [0.05, 0.1) is 16.7 Å². The predicted octanol–water partition coefficient (Wildman–Crippen LogP) is 5.30. The molecule has 1 fully saturated rings. The normalized spacial score (nSPS) is 18.4. The first-order valence-electron chi connectivity index (χ1n) is 15.8. The van der Waals surface area contributed by atoms with Gasteiger partial charge in [-0.05, 0) is 43.3 Å². The summed E-state index contributed by atoms with van der Waals surface area (Å²) in [7, 11) is 0. The quantitative estimate of drug-likeness (QED) is 0.158. The second-order valence-corrected chi connectivity index (χ2v) is 11.6. The molecular formula is C38H30N4O8. The molecule has 0 radical (unpaired) electrons. The van der Waals surface area contributed by atoms with Crippen molar-refractivity contribution in [3.05, 3.63) is 154 Å². The van der Waals surface area contributed by atoms with Gasteiger partial charge in [0.1, 0.15) is 24.1 Å². The van der Waals surface area contributed by atoms with Crippen molar-refractivity contribution in [2.45, 2.75) is 31.5 Å². The molecular weight excluding hydrogens is 640 g/mol. The van der Waals surface area contributed by atoms with Crippen LogP contribution in [-0.4, -0.2) is 62.3 Å². The van der Waals surface area contributed by atoms with E-state index in [1.165, 1.54) is 6.20 Å². The second kappa shape index (κ2) is 14.0. The van der Waals surface area contributed by atoms with Crippen molar-refractivity contribution in [1.82, 2.24) is 19.5 Å². The number of hydrogen-bond donors (Lipinski definition) is 1.